The van der Waals surface area contributed by atoms with Crippen LogP contribution in [0.5, 0.6) is 11.5 Å². The van der Waals surface area contributed by atoms with Gasteiger partial charge in [-0.2, -0.15) is 5.26 Å². The quantitative estimate of drug-likeness (QED) is 0.777. The van der Waals surface area contributed by atoms with Crippen molar-refractivity contribution in [1.29, 1.82) is 5.26 Å². The molecule has 1 aromatic rings. The second kappa shape index (κ2) is 4.67. The lowest BCUT2D eigenvalue weighted by Crippen LogP contribution is -2.17. The number of hydrogen-bond acceptors (Lipinski definition) is 4. The van der Waals surface area contributed by atoms with E-state index in [1.54, 1.807) is 12.1 Å². The van der Waals surface area contributed by atoms with E-state index in [4.69, 9.17) is 15.7 Å². The maximum absolute atomic E-state index is 9.60. The van der Waals surface area contributed by atoms with Gasteiger partial charge in [0.05, 0.1) is 12.7 Å². The number of ether oxygens (including phenoxy) is 1. The smallest absolute Gasteiger partial charge is 0.178 e. The molecule has 0 saturated carbocycles. The van der Waals surface area contributed by atoms with Crippen LogP contribution >= 0.6 is 0 Å². The molecule has 0 aliphatic carbocycles. The molecule has 4 nitrogen and oxygen atoms in total. The van der Waals surface area contributed by atoms with Crippen LogP contribution in [0.15, 0.2) is 12.1 Å². The molecule has 4 heteroatoms. The Bertz CT molecular complexity index is 394. The van der Waals surface area contributed by atoms with Crippen LogP contribution < -0.4 is 10.5 Å². The average molecular weight is 206 g/mol. The van der Waals surface area contributed by atoms with E-state index < -0.39 is 0 Å². The van der Waals surface area contributed by atoms with Gasteiger partial charge in [0.1, 0.15) is 6.07 Å². The number of phenolic OH excluding ortho intramolecular Hbond substituents is 1. The monoisotopic (exact) mass is 206 g/mol. The first kappa shape index (κ1) is 11.3. The van der Waals surface area contributed by atoms with Gasteiger partial charge in [0, 0.05) is 6.04 Å². The molecule has 0 heterocycles. The fourth-order valence-corrected chi connectivity index (χ4v) is 1.46. The minimum Gasteiger partial charge on any atom is -0.504 e. The molecule has 3 N–H and O–H groups in total. The van der Waals surface area contributed by atoms with Gasteiger partial charge >= 0.3 is 0 Å². The second-order valence-electron chi connectivity index (χ2n) is 3.49. The molecule has 15 heavy (non-hydrogen) atoms. The highest BCUT2D eigenvalue weighted by molar-refractivity contribution is 5.54. The predicted molar refractivity (Wildman–Crippen MR) is 56.7 cm³/mol. The highest BCUT2D eigenvalue weighted by atomic mass is 16.5. The predicted octanol–water partition coefficient (Wildman–Crippen LogP) is 1.16. The maximum Gasteiger partial charge on any atom is 0.178 e. The first-order valence-electron chi connectivity index (χ1n) is 4.64. The normalized spacial score (nSPS) is 11.9. The standard InChI is InChI=1S/C11H14N2O2/c1-7(13)3-8-4-9(6-12)11(15-2)10(14)5-8/h4-5,7,14H,3,13H2,1-2H3. The number of nitrogens with two attached hydrogens (primary N) is 1. The van der Waals surface area contributed by atoms with E-state index in [-0.39, 0.29) is 17.5 Å². The lowest BCUT2D eigenvalue weighted by molar-refractivity contribution is 0.372. The third-order valence-electron chi connectivity index (χ3n) is 2.01. The van der Waals surface area contributed by atoms with Crippen molar-refractivity contribution in [3.8, 4) is 17.6 Å². The van der Waals surface area contributed by atoms with Crippen LogP contribution in [0, 0.1) is 11.3 Å². The van der Waals surface area contributed by atoms with Gasteiger partial charge in [-0.1, -0.05) is 0 Å². The first-order chi connectivity index (χ1) is 7.08. The van der Waals surface area contributed by atoms with Crippen molar-refractivity contribution in [3.63, 3.8) is 0 Å². The molecule has 1 rings (SSSR count). The molecule has 80 valence electrons. The summed E-state index contributed by atoms with van der Waals surface area (Å²) < 4.78 is 4.92. The molecule has 0 spiro atoms. The number of hydrogen-bond donors (Lipinski definition) is 2. The summed E-state index contributed by atoms with van der Waals surface area (Å²) in [6.07, 6.45) is 0.617. The fraction of sp³-hybridized carbons (Fsp3) is 0.364. The molecule has 0 radical (unpaired) electrons. The van der Waals surface area contributed by atoms with E-state index >= 15 is 0 Å². The van der Waals surface area contributed by atoms with Crippen molar-refractivity contribution in [2.24, 2.45) is 5.73 Å². The summed E-state index contributed by atoms with van der Waals surface area (Å²) in [7, 11) is 1.42. The minimum absolute atomic E-state index is 0.00987. The number of methoxy groups -OCH3 is 1. The lowest BCUT2D eigenvalue weighted by Gasteiger charge is -2.10. The lowest BCUT2D eigenvalue weighted by atomic mass is 10.0. The van der Waals surface area contributed by atoms with Crippen LogP contribution in [0.2, 0.25) is 0 Å². The number of phenols is 1. The summed E-state index contributed by atoms with van der Waals surface area (Å²) in [5.41, 5.74) is 6.80. The summed E-state index contributed by atoms with van der Waals surface area (Å²) in [5, 5.41) is 18.5. The second-order valence-corrected chi connectivity index (χ2v) is 3.49. The molecule has 0 amide bonds. The van der Waals surface area contributed by atoms with Crippen molar-refractivity contribution in [2.45, 2.75) is 19.4 Å². The van der Waals surface area contributed by atoms with Crippen LogP contribution in [0.4, 0.5) is 0 Å². The van der Waals surface area contributed by atoms with E-state index in [0.29, 0.717) is 12.0 Å². The summed E-state index contributed by atoms with van der Waals surface area (Å²) in [6.45, 7) is 1.87. The van der Waals surface area contributed by atoms with E-state index in [0.717, 1.165) is 5.56 Å². The molecular weight excluding hydrogens is 192 g/mol. The van der Waals surface area contributed by atoms with Gasteiger partial charge in [0.15, 0.2) is 11.5 Å². The minimum atomic E-state index is -0.0211. The van der Waals surface area contributed by atoms with E-state index in [1.165, 1.54) is 7.11 Å². The Morgan fingerprint density at radius 2 is 2.27 bits per heavy atom. The molecule has 0 bridgehead atoms. The van der Waals surface area contributed by atoms with Gasteiger partial charge in [-0.05, 0) is 31.0 Å². The largest absolute Gasteiger partial charge is 0.504 e. The van der Waals surface area contributed by atoms with Crippen LogP contribution in [0.1, 0.15) is 18.1 Å². The van der Waals surface area contributed by atoms with Crippen molar-refractivity contribution in [1.82, 2.24) is 0 Å². The Balaban J connectivity index is 3.15. The van der Waals surface area contributed by atoms with Crippen molar-refractivity contribution in [3.05, 3.63) is 23.3 Å². The van der Waals surface area contributed by atoms with Crippen molar-refractivity contribution in [2.75, 3.05) is 7.11 Å². The van der Waals surface area contributed by atoms with Crippen LogP contribution in [-0.4, -0.2) is 18.3 Å². The molecule has 1 unspecified atom stereocenters. The first-order valence-corrected chi connectivity index (χ1v) is 4.64. The third-order valence-corrected chi connectivity index (χ3v) is 2.01. The van der Waals surface area contributed by atoms with Gasteiger partial charge in [0.25, 0.3) is 0 Å². The van der Waals surface area contributed by atoms with Crippen LogP contribution in [-0.2, 0) is 6.42 Å². The molecule has 0 aliphatic heterocycles. The Hall–Kier alpha value is -1.73. The van der Waals surface area contributed by atoms with Crippen LogP contribution in [0.25, 0.3) is 0 Å². The highest BCUT2D eigenvalue weighted by Gasteiger charge is 2.11. The van der Waals surface area contributed by atoms with E-state index in [2.05, 4.69) is 0 Å². The molecule has 0 saturated heterocycles. The summed E-state index contributed by atoms with van der Waals surface area (Å²) in [5.74, 6) is 0.193. The molecular formula is C11H14N2O2. The Morgan fingerprint density at radius 1 is 1.60 bits per heavy atom. The molecule has 1 atom stereocenters. The zero-order valence-corrected chi connectivity index (χ0v) is 8.82. The zero-order valence-electron chi connectivity index (χ0n) is 8.82. The van der Waals surface area contributed by atoms with Crippen molar-refractivity contribution >= 4 is 0 Å². The van der Waals surface area contributed by atoms with Gasteiger partial charge in [-0.25, -0.2) is 0 Å². The number of benzene rings is 1. The summed E-state index contributed by atoms with van der Waals surface area (Å²) in [6, 6.07) is 5.22. The summed E-state index contributed by atoms with van der Waals surface area (Å²) in [4.78, 5) is 0. The number of nitrogens with zero attached hydrogens (tertiary/aromatic N) is 1. The highest BCUT2D eigenvalue weighted by Crippen LogP contribution is 2.31. The van der Waals surface area contributed by atoms with E-state index in [1.807, 2.05) is 13.0 Å². The van der Waals surface area contributed by atoms with Gasteiger partial charge in [-0.15, -0.1) is 0 Å². The molecule has 0 aromatic heterocycles. The van der Waals surface area contributed by atoms with Gasteiger partial charge < -0.3 is 15.6 Å². The number of nitriles is 1. The Labute approximate surface area is 88.9 Å². The molecule has 1 aromatic carbocycles. The zero-order chi connectivity index (χ0) is 11.4. The fourth-order valence-electron chi connectivity index (χ4n) is 1.46. The number of rotatable bonds is 3. The topological polar surface area (TPSA) is 79.3 Å². The summed E-state index contributed by atoms with van der Waals surface area (Å²) >= 11 is 0. The number of aromatic hydroxyl groups is 1. The van der Waals surface area contributed by atoms with Gasteiger partial charge in [0.2, 0.25) is 0 Å². The average Bonchev–Trinajstić information content (AvgIpc) is 2.15. The van der Waals surface area contributed by atoms with Crippen molar-refractivity contribution < 1.29 is 9.84 Å². The SMILES string of the molecule is COc1c(O)cc(CC(C)N)cc1C#N. The van der Waals surface area contributed by atoms with E-state index in [9.17, 15) is 5.11 Å². The third kappa shape index (κ3) is 2.61. The molecule has 0 fully saturated rings. The van der Waals surface area contributed by atoms with Gasteiger partial charge in [-0.3, -0.25) is 0 Å². The van der Waals surface area contributed by atoms with Crippen LogP contribution in [0.3, 0.4) is 0 Å². The Kier molecular flexibility index (Phi) is 3.53. The maximum atomic E-state index is 9.60. The Morgan fingerprint density at radius 3 is 2.73 bits per heavy atom. The molecule has 0 aliphatic rings.